The number of aldehydes is 1. The summed E-state index contributed by atoms with van der Waals surface area (Å²) in [5.41, 5.74) is 2.64. The van der Waals surface area contributed by atoms with Crippen LogP contribution in [0.4, 0.5) is 0 Å². The van der Waals surface area contributed by atoms with Crippen LogP contribution in [0.3, 0.4) is 0 Å². The quantitative estimate of drug-likeness (QED) is 0.685. The molecule has 0 saturated carbocycles. The number of carbonyl (C=O) groups is 1. The van der Waals surface area contributed by atoms with Gasteiger partial charge in [-0.25, -0.2) is 0 Å². The third-order valence-electron chi connectivity index (χ3n) is 3.14. The third-order valence-corrected chi connectivity index (χ3v) is 3.14. The van der Waals surface area contributed by atoms with E-state index in [0.29, 0.717) is 5.69 Å². The number of ether oxygens (including phenoxy) is 1. The minimum Gasteiger partial charge on any atom is -0.497 e. The monoisotopic (exact) mass is 228 g/mol. The molecule has 86 valence electrons. The lowest BCUT2D eigenvalue weighted by atomic mass is 10.2. The Hall–Kier alpha value is -2.23. The van der Waals surface area contributed by atoms with Gasteiger partial charge >= 0.3 is 0 Å². The second kappa shape index (κ2) is 3.38. The average Bonchev–Trinajstić information content (AvgIpc) is 2.89. The first kappa shape index (κ1) is 9.96. The number of rotatable bonds is 2. The lowest BCUT2D eigenvalue weighted by Crippen LogP contribution is -1.90. The summed E-state index contributed by atoms with van der Waals surface area (Å²) in [6, 6.07) is 7.80. The molecule has 2 aromatic heterocycles. The lowest BCUT2D eigenvalue weighted by molar-refractivity contribution is 0.111. The van der Waals surface area contributed by atoms with Crippen molar-refractivity contribution in [3.05, 3.63) is 30.0 Å². The first-order valence-corrected chi connectivity index (χ1v) is 5.35. The van der Waals surface area contributed by atoms with Crippen molar-refractivity contribution in [1.82, 2.24) is 9.55 Å². The van der Waals surface area contributed by atoms with Gasteiger partial charge in [-0.3, -0.25) is 4.79 Å². The van der Waals surface area contributed by atoms with Gasteiger partial charge in [-0.05, 0) is 18.2 Å². The number of aromatic nitrogens is 2. The molecule has 0 atom stereocenters. The molecule has 3 aromatic rings. The van der Waals surface area contributed by atoms with Gasteiger partial charge in [0.2, 0.25) is 0 Å². The van der Waals surface area contributed by atoms with E-state index in [4.69, 9.17) is 4.74 Å². The fourth-order valence-electron chi connectivity index (χ4n) is 2.26. The number of aromatic amines is 1. The predicted octanol–water partition coefficient (Wildman–Crippen LogP) is 2.48. The number of carbonyl (C=O) groups excluding carboxylic acids is 1. The number of hydrogen-bond acceptors (Lipinski definition) is 2. The smallest absolute Gasteiger partial charge is 0.166 e. The van der Waals surface area contributed by atoms with Gasteiger partial charge in [0.25, 0.3) is 0 Å². The molecule has 1 N–H and O–H groups in total. The summed E-state index contributed by atoms with van der Waals surface area (Å²) < 4.78 is 7.24. The van der Waals surface area contributed by atoms with Crippen molar-refractivity contribution in [1.29, 1.82) is 0 Å². The standard InChI is InChI=1S/C13H12N2O2/c1-15-12-6-9(17-2)3-4-10(12)11-5-8(7-16)14-13(11)15/h3-7,14H,1-2H3. The van der Waals surface area contributed by atoms with E-state index in [9.17, 15) is 4.79 Å². The van der Waals surface area contributed by atoms with Crippen molar-refractivity contribution in [2.75, 3.05) is 7.11 Å². The SMILES string of the molecule is COc1ccc2c3cc(C=O)[nH]c3n(C)c2c1. The predicted molar refractivity (Wildman–Crippen MR) is 66.7 cm³/mol. The summed E-state index contributed by atoms with van der Waals surface area (Å²) in [6.07, 6.45) is 0.829. The number of nitrogens with one attached hydrogen (secondary N) is 1. The molecule has 0 aliphatic rings. The zero-order chi connectivity index (χ0) is 12.0. The van der Waals surface area contributed by atoms with Crippen molar-refractivity contribution in [2.45, 2.75) is 0 Å². The van der Waals surface area contributed by atoms with Crippen LogP contribution in [-0.4, -0.2) is 22.9 Å². The van der Waals surface area contributed by atoms with Gasteiger partial charge in [0.05, 0.1) is 18.3 Å². The second-order valence-corrected chi connectivity index (χ2v) is 4.05. The Kier molecular flexibility index (Phi) is 1.98. The molecule has 4 heteroatoms. The first-order chi connectivity index (χ1) is 8.24. The van der Waals surface area contributed by atoms with E-state index in [-0.39, 0.29) is 0 Å². The van der Waals surface area contributed by atoms with Crippen LogP contribution in [0.25, 0.3) is 21.9 Å². The summed E-state index contributed by atoms with van der Waals surface area (Å²) in [5.74, 6) is 0.830. The van der Waals surface area contributed by atoms with Crippen LogP contribution in [0.5, 0.6) is 5.75 Å². The Labute approximate surface area is 97.8 Å². The molecule has 0 bridgehead atoms. The largest absolute Gasteiger partial charge is 0.497 e. The highest BCUT2D eigenvalue weighted by molar-refractivity contribution is 6.09. The maximum absolute atomic E-state index is 10.8. The molecule has 0 radical (unpaired) electrons. The average molecular weight is 228 g/mol. The minimum atomic E-state index is 0.600. The summed E-state index contributed by atoms with van der Waals surface area (Å²) in [5, 5.41) is 2.18. The number of H-pyrrole nitrogens is 1. The molecule has 0 amide bonds. The van der Waals surface area contributed by atoms with Gasteiger partial charge in [-0.15, -0.1) is 0 Å². The minimum absolute atomic E-state index is 0.600. The highest BCUT2D eigenvalue weighted by Gasteiger charge is 2.11. The van der Waals surface area contributed by atoms with Gasteiger partial charge in [0.15, 0.2) is 6.29 Å². The van der Waals surface area contributed by atoms with E-state index in [0.717, 1.165) is 34.0 Å². The zero-order valence-electron chi connectivity index (χ0n) is 9.65. The Bertz CT molecular complexity index is 722. The molecule has 0 spiro atoms. The fraction of sp³-hybridized carbons (Fsp3) is 0.154. The van der Waals surface area contributed by atoms with E-state index in [1.807, 2.05) is 35.9 Å². The number of benzene rings is 1. The topological polar surface area (TPSA) is 47.0 Å². The highest BCUT2D eigenvalue weighted by atomic mass is 16.5. The number of methoxy groups -OCH3 is 1. The van der Waals surface area contributed by atoms with E-state index in [2.05, 4.69) is 4.98 Å². The fourth-order valence-corrected chi connectivity index (χ4v) is 2.26. The number of aryl methyl sites for hydroxylation is 1. The summed E-state index contributed by atoms with van der Waals surface area (Å²) >= 11 is 0. The van der Waals surface area contributed by atoms with Gasteiger partial charge in [-0.2, -0.15) is 0 Å². The molecule has 17 heavy (non-hydrogen) atoms. The van der Waals surface area contributed by atoms with Crippen LogP contribution in [0.1, 0.15) is 10.5 Å². The Balaban J connectivity index is 2.43. The molecule has 0 aliphatic heterocycles. The highest BCUT2D eigenvalue weighted by Crippen LogP contribution is 2.30. The number of hydrogen-bond donors (Lipinski definition) is 1. The van der Waals surface area contributed by atoms with Crippen LogP contribution in [0.15, 0.2) is 24.3 Å². The van der Waals surface area contributed by atoms with E-state index in [1.54, 1.807) is 7.11 Å². The second-order valence-electron chi connectivity index (χ2n) is 4.05. The van der Waals surface area contributed by atoms with Crippen molar-refractivity contribution in [2.24, 2.45) is 7.05 Å². The van der Waals surface area contributed by atoms with Gasteiger partial charge in [0, 0.05) is 23.9 Å². The molecule has 0 fully saturated rings. The Morgan fingerprint density at radius 2 is 2.12 bits per heavy atom. The lowest BCUT2D eigenvalue weighted by Gasteiger charge is -2.01. The summed E-state index contributed by atoms with van der Waals surface area (Å²) in [4.78, 5) is 13.9. The van der Waals surface area contributed by atoms with Crippen LogP contribution in [0, 0.1) is 0 Å². The van der Waals surface area contributed by atoms with Crippen LogP contribution < -0.4 is 4.74 Å². The molecule has 1 aromatic carbocycles. The van der Waals surface area contributed by atoms with Crippen LogP contribution >= 0.6 is 0 Å². The van der Waals surface area contributed by atoms with Crippen molar-refractivity contribution in [3.8, 4) is 5.75 Å². The third kappa shape index (κ3) is 1.27. The van der Waals surface area contributed by atoms with E-state index in [1.165, 1.54) is 0 Å². The Morgan fingerprint density at radius 1 is 1.29 bits per heavy atom. The van der Waals surface area contributed by atoms with Crippen molar-refractivity contribution in [3.63, 3.8) is 0 Å². The van der Waals surface area contributed by atoms with Crippen molar-refractivity contribution < 1.29 is 9.53 Å². The first-order valence-electron chi connectivity index (χ1n) is 5.35. The zero-order valence-corrected chi connectivity index (χ0v) is 9.65. The van der Waals surface area contributed by atoms with Crippen LogP contribution in [0.2, 0.25) is 0 Å². The van der Waals surface area contributed by atoms with Gasteiger partial charge < -0.3 is 14.3 Å². The van der Waals surface area contributed by atoms with Gasteiger partial charge in [0.1, 0.15) is 11.4 Å². The molecule has 0 saturated heterocycles. The molecule has 0 unspecified atom stereocenters. The van der Waals surface area contributed by atoms with Crippen molar-refractivity contribution >= 4 is 28.2 Å². The van der Waals surface area contributed by atoms with E-state index < -0.39 is 0 Å². The molecule has 2 heterocycles. The van der Waals surface area contributed by atoms with Gasteiger partial charge in [-0.1, -0.05) is 0 Å². The van der Waals surface area contributed by atoms with E-state index >= 15 is 0 Å². The number of nitrogens with zero attached hydrogens (tertiary/aromatic N) is 1. The maximum Gasteiger partial charge on any atom is 0.166 e. The molecule has 4 nitrogen and oxygen atoms in total. The normalized spacial score (nSPS) is 11.2. The molecular weight excluding hydrogens is 216 g/mol. The molecular formula is C13H12N2O2. The Morgan fingerprint density at radius 3 is 2.82 bits per heavy atom. The molecule has 0 aliphatic carbocycles. The summed E-state index contributed by atoms with van der Waals surface area (Å²) in [6.45, 7) is 0. The maximum atomic E-state index is 10.8. The number of fused-ring (bicyclic) bond motifs is 3. The summed E-state index contributed by atoms with van der Waals surface area (Å²) in [7, 11) is 3.62. The van der Waals surface area contributed by atoms with Crippen LogP contribution in [-0.2, 0) is 7.05 Å². The molecule has 3 rings (SSSR count).